The number of carbonyl (C=O) groups excluding carboxylic acids is 1. The van der Waals surface area contributed by atoms with Crippen LogP contribution in [0, 0.1) is 0 Å². The van der Waals surface area contributed by atoms with Crippen LogP contribution in [-0.2, 0) is 6.54 Å². The number of rotatable bonds is 5. The third-order valence-electron chi connectivity index (χ3n) is 4.72. The number of pyridine rings is 1. The Morgan fingerprint density at radius 3 is 2.73 bits per heavy atom. The molecule has 0 radical (unpaired) electrons. The van der Waals surface area contributed by atoms with Crippen LogP contribution in [0.5, 0.6) is 5.75 Å². The van der Waals surface area contributed by atoms with Crippen molar-refractivity contribution in [1.82, 2.24) is 9.88 Å². The van der Waals surface area contributed by atoms with Gasteiger partial charge >= 0.3 is 0 Å². The van der Waals surface area contributed by atoms with Gasteiger partial charge in [-0.1, -0.05) is 30.3 Å². The molecule has 132 valence electrons. The van der Waals surface area contributed by atoms with Crippen molar-refractivity contribution >= 4 is 16.8 Å². The van der Waals surface area contributed by atoms with Crippen LogP contribution < -0.4 is 10.3 Å². The van der Waals surface area contributed by atoms with Crippen molar-refractivity contribution in [1.29, 1.82) is 0 Å². The van der Waals surface area contributed by atoms with Gasteiger partial charge in [0.05, 0.1) is 12.7 Å². The highest BCUT2D eigenvalue weighted by Crippen LogP contribution is 2.31. The SMILES string of the molecule is COc1cccc(CN(C(=O)c2cc(=O)[nH]c3ccccc23)C2CC2)c1. The molecule has 0 unspecified atom stereocenters. The van der Waals surface area contributed by atoms with Crippen molar-refractivity contribution in [2.24, 2.45) is 0 Å². The van der Waals surface area contributed by atoms with E-state index >= 15 is 0 Å². The molecule has 26 heavy (non-hydrogen) atoms. The second-order valence-corrected chi connectivity index (χ2v) is 6.61. The first-order valence-electron chi connectivity index (χ1n) is 8.71. The molecule has 3 aromatic rings. The van der Waals surface area contributed by atoms with Gasteiger partial charge in [0.1, 0.15) is 5.75 Å². The Hall–Kier alpha value is -3.08. The van der Waals surface area contributed by atoms with Gasteiger partial charge in [0.2, 0.25) is 5.56 Å². The number of H-pyrrole nitrogens is 1. The summed E-state index contributed by atoms with van der Waals surface area (Å²) in [5, 5.41) is 0.772. The number of aromatic nitrogens is 1. The van der Waals surface area contributed by atoms with E-state index in [9.17, 15) is 9.59 Å². The van der Waals surface area contributed by atoms with E-state index in [4.69, 9.17) is 4.74 Å². The van der Waals surface area contributed by atoms with E-state index < -0.39 is 0 Å². The molecule has 1 aliphatic rings. The van der Waals surface area contributed by atoms with Crippen LogP contribution in [0.3, 0.4) is 0 Å². The lowest BCUT2D eigenvalue weighted by Gasteiger charge is -2.23. The van der Waals surface area contributed by atoms with Gasteiger partial charge in [-0.25, -0.2) is 0 Å². The van der Waals surface area contributed by atoms with Crippen molar-refractivity contribution in [2.75, 3.05) is 7.11 Å². The molecule has 5 heteroatoms. The number of methoxy groups -OCH3 is 1. The summed E-state index contributed by atoms with van der Waals surface area (Å²) >= 11 is 0. The van der Waals surface area contributed by atoms with E-state index in [0.717, 1.165) is 29.5 Å². The molecule has 5 nitrogen and oxygen atoms in total. The summed E-state index contributed by atoms with van der Waals surface area (Å²) in [5.74, 6) is 0.671. The molecule has 0 atom stereocenters. The standard InChI is InChI=1S/C21H20N2O3/c1-26-16-6-4-5-14(11-16)13-23(15-9-10-15)21(25)18-12-20(24)22-19-8-3-2-7-17(18)19/h2-8,11-12,15H,9-10,13H2,1H3,(H,22,24). The number of hydrogen-bond acceptors (Lipinski definition) is 3. The summed E-state index contributed by atoms with van der Waals surface area (Å²) in [6.45, 7) is 0.502. The van der Waals surface area contributed by atoms with Gasteiger partial charge in [-0.15, -0.1) is 0 Å². The lowest BCUT2D eigenvalue weighted by molar-refractivity contribution is 0.0731. The van der Waals surface area contributed by atoms with Crippen LogP contribution >= 0.6 is 0 Å². The van der Waals surface area contributed by atoms with E-state index in [1.54, 1.807) is 7.11 Å². The smallest absolute Gasteiger partial charge is 0.255 e. The summed E-state index contributed by atoms with van der Waals surface area (Å²) in [5.41, 5.74) is 1.89. The molecule has 1 fully saturated rings. The fourth-order valence-corrected chi connectivity index (χ4v) is 3.26. The van der Waals surface area contributed by atoms with E-state index in [0.29, 0.717) is 17.6 Å². The molecule has 4 rings (SSSR count). The van der Waals surface area contributed by atoms with Gasteiger partial charge < -0.3 is 14.6 Å². The second-order valence-electron chi connectivity index (χ2n) is 6.61. The Labute approximate surface area is 151 Å². The Balaban J connectivity index is 1.71. The molecule has 2 aromatic carbocycles. The van der Waals surface area contributed by atoms with Crippen LogP contribution in [0.4, 0.5) is 0 Å². The Bertz CT molecular complexity index is 1020. The van der Waals surface area contributed by atoms with Gasteiger partial charge in [-0.2, -0.15) is 0 Å². The molecular weight excluding hydrogens is 328 g/mol. The summed E-state index contributed by atoms with van der Waals surface area (Å²) in [4.78, 5) is 30.0. The van der Waals surface area contributed by atoms with Gasteiger partial charge in [-0.05, 0) is 36.6 Å². The molecule has 1 amide bonds. The zero-order valence-corrected chi connectivity index (χ0v) is 14.6. The summed E-state index contributed by atoms with van der Waals surface area (Å²) in [7, 11) is 1.63. The minimum atomic E-state index is -0.260. The zero-order valence-electron chi connectivity index (χ0n) is 14.6. The van der Waals surface area contributed by atoms with E-state index in [-0.39, 0.29) is 17.5 Å². The maximum Gasteiger partial charge on any atom is 0.255 e. The number of fused-ring (bicyclic) bond motifs is 1. The molecule has 1 N–H and O–H groups in total. The predicted molar refractivity (Wildman–Crippen MR) is 100 cm³/mol. The highest BCUT2D eigenvalue weighted by Gasteiger charge is 2.33. The van der Waals surface area contributed by atoms with E-state index in [2.05, 4.69) is 4.98 Å². The van der Waals surface area contributed by atoms with E-state index in [1.165, 1.54) is 6.07 Å². The number of para-hydroxylation sites is 1. The average Bonchev–Trinajstić information content (AvgIpc) is 3.50. The molecule has 1 aromatic heterocycles. The number of carbonyl (C=O) groups is 1. The minimum absolute atomic E-state index is 0.0994. The second kappa shape index (κ2) is 6.67. The van der Waals surface area contributed by atoms with Gasteiger partial charge in [-0.3, -0.25) is 9.59 Å². The molecule has 1 saturated carbocycles. The molecule has 0 spiro atoms. The van der Waals surface area contributed by atoms with E-state index in [1.807, 2.05) is 53.4 Å². The van der Waals surface area contributed by atoms with Crippen LogP contribution in [0.25, 0.3) is 10.9 Å². The summed E-state index contributed by atoms with van der Waals surface area (Å²) < 4.78 is 5.28. The fraction of sp³-hybridized carbons (Fsp3) is 0.238. The monoisotopic (exact) mass is 348 g/mol. The maximum absolute atomic E-state index is 13.3. The van der Waals surface area contributed by atoms with Crippen molar-refractivity contribution in [3.05, 3.63) is 76.1 Å². The lowest BCUT2D eigenvalue weighted by Crippen LogP contribution is -2.33. The van der Waals surface area contributed by atoms with Crippen LogP contribution in [0.1, 0.15) is 28.8 Å². The predicted octanol–water partition coefficient (Wildman–Crippen LogP) is 3.34. The highest BCUT2D eigenvalue weighted by molar-refractivity contribution is 6.06. The van der Waals surface area contributed by atoms with Gasteiger partial charge in [0.15, 0.2) is 0 Å². The summed E-state index contributed by atoms with van der Waals surface area (Å²) in [6.07, 6.45) is 1.99. The maximum atomic E-state index is 13.3. The van der Waals surface area contributed by atoms with Crippen LogP contribution in [0.2, 0.25) is 0 Å². The quantitative estimate of drug-likeness (QED) is 0.769. The van der Waals surface area contributed by atoms with Crippen molar-refractivity contribution in [3.63, 3.8) is 0 Å². The molecule has 0 saturated heterocycles. The van der Waals surface area contributed by atoms with Gasteiger partial charge in [0, 0.05) is 29.6 Å². The molecule has 1 heterocycles. The summed E-state index contributed by atoms with van der Waals surface area (Å²) in [6, 6.07) is 16.8. The fourth-order valence-electron chi connectivity index (χ4n) is 3.26. The number of ether oxygens (including phenoxy) is 1. The van der Waals surface area contributed by atoms with Crippen molar-refractivity contribution in [2.45, 2.75) is 25.4 Å². The number of nitrogens with one attached hydrogen (secondary N) is 1. The number of hydrogen-bond donors (Lipinski definition) is 1. The average molecular weight is 348 g/mol. The molecule has 1 aliphatic carbocycles. The normalized spacial score (nSPS) is 13.6. The molecule has 0 bridgehead atoms. The van der Waals surface area contributed by atoms with Crippen molar-refractivity contribution in [3.8, 4) is 5.75 Å². The number of benzene rings is 2. The van der Waals surface area contributed by atoms with Crippen molar-refractivity contribution < 1.29 is 9.53 Å². The number of amides is 1. The van der Waals surface area contributed by atoms with Crippen LogP contribution in [-0.4, -0.2) is 28.9 Å². The zero-order chi connectivity index (χ0) is 18.1. The first-order chi connectivity index (χ1) is 12.7. The largest absolute Gasteiger partial charge is 0.497 e. The van der Waals surface area contributed by atoms with Crippen LogP contribution in [0.15, 0.2) is 59.4 Å². The number of nitrogens with zero attached hydrogens (tertiary/aromatic N) is 1. The number of aromatic amines is 1. The lowest BCUT2D eigenvalue weighted by atomic mass is 10.1. The Morgan fingerprint density at radius 2 is 1.96 bits per heavy atom. The Morgan fingerprint density at radius 1 is 1.15 bits per heavy atom. The highest BCUT2D eigenvalue weighted by atomic mass is 16.5. The third-order valence-corrected chi connectivity index (χ3v) is 4.72. The third kappa shape index (κ3) is 3.20. The first kappa shape index (κ1) is 16.4. The molecular formula is C21H20N2O3. The minimum Gasteiger partial charge on any atom is -0.497 e. The first-order valence-corrected chi connectivity index (χ1v) is 8.71. The topological polar surface area (TPSA) is 62.4 Å². The Kier molecular flexibility index (Phi) is 4.21. The van der Waals surface area contributed by atoms with Gasteiger partial charge in [0.25, 0.3) is 5.91 Å². The molecule has 0 aliphatic heterocycles.